The molecular formula is C34H55N7O10. The van der Waals surface area contributed by atoms with Gasteiger partial charge in [-0.05, 0) is 76.7 Å². The molecule has 0 bridgehead atoms. The van der Waals surface area contributed by atoms with E-state index in [0.717, 1.165) is 6.42 Å². The maximum Gasteiger partial charge on any atom is 0.326 e. The third-order valence-corrected chi connectivity index (χ3v) is 9.62. The summed E-state index contributed by atoms with van der Waals surface area (Å²) in [5.74, 6) is -6.13. The minimum atomic E-state index is -1.29. The van der Waals surface area contributed by atoms with E-state index in [0.29, 0.717) is 32.2 Å². The molecule has 51 heavy (non-hydrogen) atoms. The van der Waals surface area contributed by atoms with Crippen LogP contribution in [0.1, 0.15) is 92.4 Å². The van der Waals surface area contributed by atoms with Gasteiger partial charge in [0.05, 0.1) is 6.04 Å². The van der Waals surface area contributed by atoms with Crippen LogP contribution < -0.4 is 26.6 Å². The Bertz CT molecular complexity index is 1320. The fourth-order valence-corrected chi connectivity index (χ4v) is 6.82. The van der Waals surface area contributed by atoms with Gasteiger partial charge in [0.25, 0.3) is 0 Å². The van der Waals surface area contributed by atoms with Crippen LogP contribution in [0.5, 0.6) is 0 Å². The highest BCUT2D eigenvalue weighted by Gasteiger charge is 2.43. The van der Waals surface area contributed by atoms with Crippen LogP contribution >= 0.6 is 0 Å². The lowest BCUT2D eigenvalue weighted by Crippen LogP contribution is -2.60. The van der Waals surface area contributed by atoms with E-state index < -0.39 is 96.1 Å². The number of nitrogens with zero attached hydrogens (tertiary/aromatic N) is 2. The zero-order valence-corrected chi connectivity index (χ0v) is 30.2. The number of amides is 6. The number of nitrogens with one attached hydrogen (secondary N) is 5. The number of carbonyl (C=O) groups is 8. The van der Waals surface area contributed by atoms with Gasteiger partial charge >= 0.3 is 11.9 Å². The van der Waals surface area contributed by atoms with Crippen molar-refractivity contribution in [2.75, 3.05) is 19.6 Å². The summed E-state index contributed by atoms with van der Waals surface area (Å²) in [6.45, 7) is 9.69. The molecule has 6 amide bonds. The number of carboxylic acids is 2. The molecule has 3 heterocycles. The van der Waals surface area contributed by atoms with Gasteiger partial charge in [-0.2, -0.15) is 0 Å². The van der Waals surface area contributed by atoms with Crippen molar-refractivity contribution >= 4 is 47.4 Å². The highest BCUT2D eigenvalue weighted by atomic mass is 16.4. The summed E-state index contributed by atoms with van der Waals surface area (Å²) in [6.07, 6.45) is 2.53. The Morgan fingerprint density at radius 2 is 1.29 bits per heavy atom. The molecule has 0 saturated carbocycles. The zero-order chi connectivity index (χ0) is 38.0. The smallest absolute Gasteiger partial charge is 0.326 e. The van der Waals surface area contributed by atoms with Crippen LogP contribution in [0.3, 0.4) is 0 Å². The molecule has 17 nitrogen and oxygen atoms in total. The number of rotatable bonds is 17. The highest BCUT2D eigenvalue weighted by Crippen LogP contribution is 2.24. The Morgan fingerprint density at radius 1 is 0.706 bits per heavy atom. The summed E-state index contributed by atoms with van der Waals surface area (Å²) < 4.78 is 0. The second-order valence-corrected chi connectivity index (χ2v) is 14.5. The van der Waals surface area contributed by atoms with E-state index in [9.17, 15) is 48.6 Å². The van der Waals surface area contributed by atoms with Crippen LogP contribution in [-0.4, -0.2) is 129 Å². The van der Waals surface area contributed by atoms with E-state index in [1.165, 1.54) is 16.7 Å². The molecule has 0 radical (unpaired) electrons. The Labute approximate surface area is 298 Å². The Morgan fingerprint density at radius 3 is 1.80 bits per heavy atom. The quantitative estimate of drug-likeness (QED) is 0.0993. The molecule has 0 aromatic carbocycles. The molecule has 3 fully saturated rings. The minimum Gasteiger partial charge on any atom is -0.481 e. The van der Waals surface area contributed by atoms with Gasteiger partial charge in [0.15, 0.2) is 0 Å². The predicted molar refractivity (Wildman–Crippen MR) is 183 cm³/mol. The first-order valence-electron chi connectivity index (χ1n) is 18.0. The number of hydrogen-bond donors (Lipinski definition) is 7. The van der Waals surface area contributed by atoms with Crippen molar-refractivity contribution in [3.63, 3.8) is 0 Å². The molecule has 3 aliphatic rings. The fraction of sp³-hybridized carbons (Fsp3) is 0.765. The molecule has 0 aliphatic carbocycles. The lowest BCUT2D eigenvalue weighted by molar-refractivity contribution is -0.146. The van der Waals surface area contributed by atoms with Crippen molar-refractivity contribution < 1.29 is 48.6 Å². The summed E-state index contributed by atoms with van der Waals surface area (Å²) in [7, 11) is 0. The van der Waals surface area contributed by atoms with Gasteiger partial charge in [-0.3, -0.25) is 33.6 Å². The maximum atomic E-state index is 13.9. The van der Waals surface area contributed by atoms with Crippen molar-refractivity contribution in [1.82, 2.24) is 36.4 Å². The standard InChI is InChI=1S/C34H55N7O10/c1-18(2)17-23(34(50)51)38-30(46)24-10-8-16-41(24)33(49)27(19(3)4)39-31(47)25-11-7-15-40(25)32(48)22(12-13-26(42)43)37-28(44)20(5)36-29(45)21-9-6-14-35-21/h18-25,27,35H,6-17H2,1-5H3,(H,36,45)(H,37,44)(H,38,46)(H,39,47)(H,42,43)(H,50,51)/t20-,21-,22-,23-,24-,25-,27-/m0/s1. The molecule has 0 spiro atoms. The summed E-state index contributed by atoms with van der Waals surface area (Å²) >= 11 is 0. The fourth-order valence-electron chi connectivity index (χ4n) is 6.82. The zero-order valence-electron chi connectivity index (χ0n) is 30.2. The van der Waals surface area contributed by atoms with E-state index in [-0.39, 0.29) is 44.2 Å². The monoisotopic (exact) mass is 721 g/mol. The van der Waals surface area contributed by atoms with Crippen LogP contribution in [-0.2, 0) is 38.4 Å². The van der Waals surface area contributed by atoms with Crippen molar-refractivity contribution in [3.05, 3.63) is 0 Å². The number of hydrogen-bond acceptors (Lipinski definition) is 9. The molecule has 7 atom stereocenters. The van der Waals surface area contributed by atoms with E-state index in [1.807, 2.05) is 13.8 Å². The molecule has 3 rings (SSSR count). The maximum absolute atomic E-state index is 13.9. The lowest BCUT2D eigenvalue weighted by atomic mass is 10.0. The largest absolute Gasteiger partial charge is 0.481 e. The van der Waals surface area contributed by atoms with Gasteiger partial charge in [-0.25, -0.2) is 4.79 Å². The number of likely N-dealkylation sites (tertiary alicyclic amines) is 2. The first-order chi connectivity index (χ1) is 24.0. The average Bonchev–Trinajstić information content (AvgIpc) is 3.86. The topological polar surface area (TPSA) is 244 Å². The second kappa shape index (κ2) is 18.8. The van der Waals surface area contributed by atoms with Crippen LogP contribution in [0.2, 0.25) is 0 Å². The first kappa shape index (κ1) is 41.1. The van der Waals surface area contributed by atoms with Gasteiger partial charge in [0.2, 0.25) is 35.4 Å². The van der Waals surface area contributed by atoms with Crippen LogP contribution in [0, 0.1) is 11.8 Å². The van der Waals surface area contributed by atoms with Crippen molar-refractivity contribution in [2.24, 2.45) is 11.8 Å². The van der Waals surface area contributed by atoms with Crippen LogP contribution in [0.4, 0.5) is 0 Å². The molecule has 0 aromatic rings. The van der Waals surface area contributed by atoms with Crippen LogP contribution in [0.15, 0.2) is 0 Å². The predicted octanol–water partition coefficient (Wildman–Crippen LogP) is -0.669. The lowest BCUT2D eigenvalue weighted by Gasteiger charge is -2.33. The van der Waals surface area contributed by atoms with Gasteiger partial charge in [0.1, 0.15) is 36.3 Å². The molecule has 7 N–H and O–H groups in total. The normalized spacial score (nSPS) is 22.6. The number of carboxylic acid groups (broad SMARTS) is 2. The van der Waals surface area contributed by atoms with Gasteiger partial charge in [-0.1, -0.05) is 27.7 Å². The Balaban J connectivity index is 1.70. The van der Waals surface area contributed by atoms with Crippen molar-refractivity contribution in [2.45, 2.75) is 135 Å². The van der Waals surface area contributed by atoms with E-state index in [1.54, 1.807) is 13.8 Å². The number of carbonyl (C=O) groups excluding carboxylic acids is 6. The van der Waals surface area contributed by atoms with Crippen molar-refractivity contribution in [1.29, 1.82) is 0 Å². The third kappa shape index (κ3) is 11.4. The highest BCUT2D eigenvalue weighted by molar-refractivity contribution is 5.97. The summed E-state index contributed by atoms with van der Waals surface area (Å²) in [6, 6.07) is -6.82. The third-order valence-electron chi connectivity index (χ3n) is 9.62. The number of aliphatic carboxylic acids is 2. The van der Waals surface area contributed by atoms with Crippen molar-refractivity contribution in [3.8, 4) is 0 Å². The molecule has 17 heteroatoms. The summed E-state index contributed by atoms with van der Waals surface area (Å²) in [4.78, 5) is 106. The second-order valence-electron chi connectivity index (χ2n) is 14.5. The van der Waals surface area contributed by atoms with E-state index in [4.69, 9.17) is 0 Å². The molecular weight excluding hydrogens is 666 g/mol. The Kier molecular flexibility index (Phi) is 15.2. The first-order valence-corrected chi connectivity index (χ1v) is 18.0. The van der Waals surface area contributed by atoms with Crippen LogP contribution in [0.25, 0.3) is 0 Å². The Hall–Kier alpha value is -4.28. The molecule has 3 saturated heterocycles. The molecule has 0 aromatic heterocycles. The average molecular weight is 722 g/mol. The minimum absolute atomic E-state index is 0.00859. The summed E-state index contributed by atoms with van der Waals surface area (Å²) in [5.41, 5.74) is 0. The molecule has 3 aliphatic heterocycles. The SMILES string of the molecule is CC(C)C[C@H](NC(=O)[C@@H]1CCCN1C(=O)[C@@H](NC(=O)[C@@H]1CCCN1C(=O)[C@H](CCC(=O)O)NC(=O)[C@H](C)NC(=O)[C@@H]1CCCN1)C(C)C)C(=O)O. The van der Waals surface area contributed by atoms with Gasteiger partial charge < -0.3 is 46.6 Å². The molecule has 286 valence electrons. The van der Waals surface area contributed by atoms with E-state index >= 15 is 0 Å². The van der Waals surface area contributed by atoms with Gasteiger partial charge in [-0.15, -0.1) is 0 Å². The van der Waals surface area contributed by atoms with Gasteiger partial charge in [0, 0.05) is 19.5 Å². The summed E-state index contributed by atoms with van der Waals surface area (Å²) in [5, 5.41) is 32.5. The van der Waals surface area contributed by atoms with E-state index in [2.05, 4.69) is 26.6 Å². The molecule has 0 unspecified atom stereocenters.